The van der Waals surface area contributed by atoms with Gasteiger partial charge in [0.1, 0.15) is 4.92 Å². The van der Waals surface area contributed by atoms with E-state index in [0.29, 0.717) is 0 Å². The second-order valence-electron chi connectivity index (χ2n) is 5.22. The lowest BCUT2D eigenvalue weighted by atomic mass is 9.98. The normalized spacial score (nSPS) is 29.5. The summed E-state index contributed by atoms with van der Waals surface area (Å²) in [7, 11) is 0. The highest BCUT2D eigenvalue weighted by molar-refractivity contribution is 5.92. The number of carbonyl (C=O) groups excluding carboxylic acids is 1. The van der Waals surface area contributed by atoms with Gasteiger partial charge in [0.15, 0.2) is 5.76 Å². The van der Waals surface area contributed by atoms with Gasteiger partial charge in [0, 0.05) is 18.1 Å². The predicted molar refractivity (Wildman–Crippen MR) is 65.6 cm³/mol. The van der Waals surface area contributed by atoms with Gasteiger partial charge in [0.2, 0.25) is 0 Å². The molecule has 2 saturated heterocycles. The molecule has 102 valence electrons. The molecule has 1 aromatic heterocycles. The van der Waals surface area contributed by atoms with Crippen LogP contribution in [0.15, 0.2) is 16.5 Å². The van der Waals surface area contributed by atoms with Crippen molar-refractivity contribution in [3.8, 4) is 0 Å². The Kier molecular flexibility index (Phi) is 2.78. The highest BCUT2D eigenvalue weighted by Crippen LogP contribution is 2.36. The summed E-state index contributed by atoms with van der Waals surface area (Å²) < 4.78 is 4.99. The van der Waals surface area contributed by atoms with Crippen molar-refractivity contribution in [3.63, 3.8) is 0 Å². The van der Waals surface area contributed by atoms with E-state index < -0.39 is 10.8 Å². The van der Waals surface area contributed by atoms with Crippen molar-refractivity contribution in [1.82, 2.24) is 4.90 Å². The fourth-order valence-corrected chi connectivity index (χ4v) is 3.22. The Morgan fingerprint density at radius 2 is 2.00 bits per heavy atom. The van der Waals surface area contributed by atoms with Gasteiger partial charge < -0.3 is 15.1 Å². The van der Waals surface area contributed by atoms with Gasteiger partial charge in [-0.1, -0.05) is 0 Å². The second-order valence-corrected chi connectivity index (χ2v) is 5.22. The third-order valence-electron chi connectivity index (χ3n) is 3.99. The van der Waals surface area contributed by atoms with E-state index in [2.05, 4.69) is 0 Å². The van der Waals surface area contributed by atoms with Gasteiger partial charge in [-0.3, -0.25) is 14.9 Å². The number of nitrogens with zero attached hydrogens (tertiary/aromatic N) is 2. The minimum Gasteiger partial charge on any atom is -0.395 e. The molecule has 3 rings (SSSR count). The smallest absolute Gasteiger partial charge is 0.395 e. The Hall–Kier alpha value is -1.89. The maximum atomic E-state index is 12.4. The Balaban J connectivity index is 1.82. The van der Waals surface area contributed by atoms with E-state index >= 15 is 0 Å². The largest absolute Gasteiger partial charge is 0.433 e. The van der Waals surface area contributed by atoms with Crippen LogP contribution in [0.5, 0.6) is 0 Å². The van der Waals surface area contributed by atoms with Crippen molar-refractivity contribution >= 4 is 11.8 Å². The number of hydrogen-bond donors (Lipinski definition) is 1. The fraction of sp³-hybridized carbons (Fsp3) is 0.583. The average molecular weight is 265 g/mol. The van der Waals surface area contributed by atoms with Crippen LogP contribution in [0.2, 0.25) is 0 Å². The summed E-state index contributed by atoms with van der Waals surface area (Å²) in [6.45, 7) is 0. The Labute approximate surface area is 109 Å². The molecule has 2 bridgehead atoms. The summed E-state index contributed by atoms with van der Waals surface area (Å²) in [5, 5.41) is 10.6. The molecule has 0 radical (unpaired) electrons. The monoisotopic (exact) mass is 265 g/mol. The molecule has 0 spiro atoms. The summed E-state index contributed by atoms with van der Waals surface area (Å²) in [6, 6.07) is 3.02. The minimum absolute atomic E-state index is 0.0408. The zero-order chi connectivity index (χ0) is 13.6. The lowest BCUT2D eigenvalue weighted by Crippen LogP contribution is -2.50. The molecule has 2 atom stereocenters. The van der Waals surface area contributed by atoms with E-state index in [9.17, 15) is 14.9 Å². The van der Waals surface area contributed by atoms with Crippen LogP contribution < -0.4 is 5.73 Å². The van der Waals surface area contributed by atoms with E-state index in [1.807, 2.05) is 0 Å². The second kappa shape index (κ2) is 4.34. The molecular weight excluding hydrogens is 250 g/mol. The van der Waals surface area contributed by atoms with Gasteiger partial charge >= 0.3 is 5.88 Å². The molecule has 2 fully saturated rings. The Bertz CT molecular complexity index is 513. The highest BCUT2D eigenvalue weighted by Gasteiger charge is 2.43. The quantitative estimate of drug-likeness (QED) is 0.641. The van der Waals surface area contributed by atoms with Gasteiger partial charge in [-0.2, -0.15) is 0 Å². The molecular formula is C12H15N3O4. The molecule has 2 unspecified atom stereocenters. The first-order valence-corrected chi connectivity index (χ1v) is 6.38. The summed E-state index contributed by atoms with van der Waals surface area (Å²) in [4.78, 5) is 24.1. The van der Waals surface area contributed by atoms with Crippen LogP contribution in [0.3, 0.4) is 0 Å². The van der Waals surface area contributed by atoms with Crippen LogP contribution in [0, 0.1) is 10.1 Å². The number of amides is 1. The molecule has 2 aliphatic heterocycles. The molecule has 7 nitrogen and oxygen atoms in total. The molecule has 19 heavy (non-hydrogen) atoms. The van der Waals surface area contributed by atoms with Crippen LogP contribution >= 0.6 is 0 Å². The third kappa shape index (κ3) is 1.99. The van der Waals surface area contributed by atoms with E-state index in [-0.39, 0.29) is 29.8 Å². The van der Waals surface area contributed by atoms with Crippen LogP contribution in [0.1, 0.15) is 36.2 Å². The summed E-state index contributed by atoms with van der Waals surface area (Å²) in [5.74, 6) is -0.615. The molecule has 3 heterocycles. The molecule has 7 heteroatoms. The molecule has 1 aromatic rings. The number of nitrogens with two attached hydrogens (primary N) is 1. The van der Waals surface area contributed by atoms with Crippen LogP contribution in [-0.4, -0.2) is 33.9 Å². The van der Waals surface area contributed by atoms with Crippen molar-refractivity contribution in [2.45, 2.75) is 43.8 Å². The maximum Gasteiger partial charge on any atom is 0.433 e. The van der Waals surface area contributed by atoms with E-state index in [1.165, 1.54) is 12.1 Å². The van der Waals surface area contributed by atoms with Crippen LogP contribution in [0.4, 0.5) is 5.88 Å². The molecule has 0 aliphatic carbocycles. The molecule has 1 amide bonds. The number of furan rings is 1. The van der Waals surface area contributed by atoms with E-state index in [1.54, 1.807) is 4.90 Å². The number of hydrogen-bond acceptors (Lipinski definition) is 5. The van der Waals surface area contributed by atoms with Gasteiger partial charge in [0.25, 0.3) is 5.91 Å². The standard InChI is InChI=1S/C12H15N3O4/c13-7-5-8-1-2-9(6-7)14(8)12(16)10-3-4-11(19-10)15(17)18/h3-4,7-9H,1-2,5-6,13H2. The van der Waals surface area contributed by atoms with Gasteiger partial charge in [-0.15, -0.1) is 0 Å². The SMILES string of the molecule is NC1CC2CCC(C1)N2C(=O)c1ccc([N+](=O)[O-])o1. The average Bonchev–Trinajstić information content (AvgIpc) is 2.93. The topological polar surface area (TPSA) is 103 Å². The van der Waals surface area contributed by atoms with Gasteiger partial charge in [-0.25, -0.2) is 0 Å². The van der Waals surface area contributed by atoms with E-state index in [0.717, 1.165) is 25.7 Å². The molecule has 0 saturated carbocycles. The number of carbonyl (C=O) groups is 1. The third-order valence-corrected chi connectivity index (χ3v) is 3.99. The number of piperidine rings is 1. The summed E-state index contributed by atoms with van der Waals surface area (Å²) >= 11 is 0. The van der Waals surface area contributed by atoms with Crippen molar-refractivity contribution in [2.24, 2.45) is 5.73 Å². The van der Waals surface area contributed by atoms with E-state index in [4.69, 9.17) is 10.2 Å². The fourth-order valence-electron chi connectivity index (χ4n) is 3.22. The van der Waals surface area contributed by atoms with Crippen molar-refractivity contribution in [3.05, 3.63) is 28.0 Å². The lowest BCUT2D eigenvalue weighted by Gasteiger charge is -2.37. The number of fused-ring (bicyclic) bond motifs is 2. The molecule has 0 aromatic carbocycles. The Morgan fingerprint density at radius 3 is 2.53 bits per heavy atom. The lowest BCUT2D eigenvalue weighted by molar-refractivity contribution is -0.402. The summed E-state index contributed by atoms with van der Waals surface area (Å²) in [5.41, 5.74) is 5.95. The van der Waals surface area contributed by atoms with Crippen LogP contribution in [-0.2, 0) is 0 Å². The van der Waals surface area contributed by atoms with Crippen LogP contribution in [0.25, 0.3) is 0 Å². The maximum absolute atomic E-state index is 12.4. The molecule has 2 aliphatic rings. The highest BCUT2D eigenvalue weighted by atomic mass is 16.6. The number of nitro groups is 1. The first-order valence-electron chi connectivity index (χ1n) is 6.38. The summed E-state index contributed by atoms with van der Waals surface area (Å²) in [6.07, 6.45) is 3.50. The minimum atomic E-state index is -0.641. The van der Waals surface area contributed by atoms with Crippen molar-refractivity contribution in [2.75, 3.05) is 0 Å². The first-order chi connectivity index (χ1) is 9.06. The van der Waals surface area contributed by atoms with Gasteiger partial charge in [0.05, 0.1) is 6.07 Å². The Morgan fingerprint density at radius 1 is 1.37 bits per heavy atom. The van der Waals surface area contributed by atoms with Crippen molar-refractivity contribution < 1.29 is 14.1 Å². The molecule has 2 N–H and O–H groups in total. The van der Waals surface area contributed by atoms with Gasteiger partial charge in [-0.05, 0) is 31.7 Å². The predicted octanol–water partition coefficient (Wildman–Crippen LogP) is 1.28. The number of rotatable bonds is 2. The van der Waals surface area contributed by atoms with Crippen molar-refractivity contribution in [1.29, 1.82) is 0 Å². The zero-order valence-electron chi connectivity index (χ0n) is 10.3. The first kappa shape index (κ1) is 12.2. The zero-order valence-corrected chi connectivity index (χ0v) is 10.3.